The summed E-state index contributed by atoms with van der Waals surface area (Å²) in [4.78, 5) is 12.3. The van der Waals surface area contributed by atoms with E-state index in [1.807, 2.05) is 26.0 Å². The molecule has 2 N–H and O–H groups in total. The zero-order valence-electron chi connectivity index (χ0n) is 17.5. The zero-order chi connectivity index (χ0) is 23.3. The fourth-order valence-corrected chi connectivity index (χ4v) is 4.73. The van der Waals surface area contributed by atoms with Gasteiger partial charge >= 0.3 is 0 Å². The zero-order valence-corrected chi connectivity index (χ0v) is 19.8. The number of hydrogen-bond acceptors (Lipinski definition) is 4. The number of benzene rings is 3. The Morgan fingerprint density at radius 1 is 0.969 bits per heavy atom. The molecule has 0 unspecified atom stereocenters. The van der Waals surface area contributed by atoms with Crippen LogP contribution >= 0.6 is 23.2 Å². The quantitative estimate of drug-likeness (QED) is 0.422. The fourth-order valence-electron chi connectivity index (χ4n) is 2.94. The van der Waals surface area contributed by atoms with Crippen LogP contribution in [0, 0.1) is 13.8 Å². The Hall–Kier alpha value is -2.74. The van der Waals surface area contributed by atoms with E-state index >= 15 is 0 Å². The van der Waals surface area contributed by atoms with Crippen LogP contribution in [0.15, 0.2) is 65.6 Å². The molecule has 0 saturated heterocycles. The molecule has 6 nitrogen and oxygen atoms in total. The monoisotopic (exact) mass is 492 g/mol. The normalized spacial score (nSPS) is 11.1. The average Bonchev–Trinajstić information content (AvgIpc) is 2.74. The topological polar surface area (TPSA) is 84.5 Å². The molecular formula is C23H22Cl2N2O4S. The lowest BCUT2D eigenvalue weighted by atomic mass is 10.1. The van der Waals surface area contributed by atoms with Gasteiger partial charge in [0, 0.05) is 10.6 Å². The fraction of sp³-hybridized carbons (Fsp3) is 0.174. The molecule has 1 amide bonds. The maximum Gasteiger partial charge on any atom is 0.263 e. The molecule has 0 spiro atoms. The highest BCUT2D eigenvalue weighted by Crippen LogP contribution is 2.26. The number of anilines is 1. The number of halogens is 2. The third-order valence-corrected chi connectivity index (χ3v) is 6.68. The van der Waals surface area contributed by atoms with Gasteiger partial charge in [0.05, 0.1) is 17.3 Å². The molecule has 9 heteroatoms. The van der Waals surface area contributed by atoms with Crippen molar-refractivity contribution in [3.8, 4) is 5.75 Å². The van der Waals surface area contributed by atoms with Crippen LogP contribution in [0.5, 0.6) is 5.75 Å². The van der Waals surface area contributed by atoms with E-state index in [1.165, 1.54) is 18.2 Å². The predicted octanol–water partition coefficient (Wildman–Crippen LogP) is 5.22. The summed E-state index contributed by atoms with van der Waals surface area (Å²) < 4.78 is 33.9. The Balaban J connectivity index is 1.67. The van der Waals surface area contributed by atoms with E-state index in [0.29, 0.717) is 16.5 Å². The van der Waals surface area contributed by atoms with Crippen molar-refractivity contribution in [2.75, 3.05) is 17.9 Å². The first-order valence-corrected chi connectivity index (χ1v) is 12.0. The second kappa shape index (κ2) is 10.3. The van der Waals surface area contributed by atoms with Crippen molar-refractivity contribution in [2.24, 2.45) is 0 Å². The second-order valence-electron chi connectivity index (χ2n) is 7.13. The summed E-state index contributed by atoms with van der Waals surface area (Å²) in [6, 6.07) is 16.3. The molecule has 3 aromatic carbocycles. The van der Waals surface area contributed by atoms with Crippen LogP contribution in [-0.4, -0.2) is 27.5 Å². The summed E-state index contributed by atoms with van der Waals surface area (Å²) in [6.07, 6.45) is 0. The van der Waals surface area contributed by atoms with Crippen LogP contribution in [0.25, 0.3) is 0 Å². The van der Waals surface area contributed by atoms with Crippen molar-refractivity contribution < 1.29 is 17.9 Å². The molecule has 32 heavy (non-hydrogen) atoms. The predicted molar refractivity (Wildman–Crippen MR) is 127 cm³/mol. The summed E-state index contributed by atoms with van der Waals surface area (Å²) in [5.41, 5.74) is 2.41. The van der Waals surface area contributed by atoms with Gasteiger partial charge in [-0.15, -0.1) is 0 Å². The van der Waals surface area contributed by atoms with Crippen LogP contribution in [0.3, 0.4) is 0 Å². The van der Waals surface area contributed by atoms with Crippen LogP contribution in [0.2, 0.25) is 10.0 Å². The maximum absolute atomic E-state index is 12.9. The molecule has 3 aromatic rings. The number of hydrogen-bond donors (Lipinski definition) is 2. The number of carbonyl (C=O) groups is 1. The molecule has 0 atom stereocenters. The van der Waals surface area contributed by atoms with Gasteiger partial charge in [0.1, 0.15) is 17.3 Å². The van der Waals surface area contributed by atoms with Crippen molar-refractivity contribution in [1.29, 1.82) is 0 Å². The van der Waals surface area contributed by atoms with Gasteiger partial charge < -0.3 is 10.1 Å². The van der Waals surface area contributed by atoms with Crippen LogP contribution in [0.4, 0.5) is 5.69 Å². The third kappa shape index (κ3) is 6.16. The highest BCUT2D eigenvalue weighted by molar-refractivity contribution is 7.92. The summed E-state index contributed by atoms with van der Waals surface area (Å²) in [5, 5.41) is 3.32. The van der Waals surface area contributed by atoms with Gasteiger partial charge in [-0.25, -0.2) is 8.42 Å². The highest BCUT2D eigenvalue weighted by Gasteiger charge is 2.21. The van der Waals surface area contributed by atoms with E-state index in [2.05, 4.69) is 10.0 Å². The lowest BCUT2D eigenvalue weighted by molar-refractivity contribution is 0.0947. The Bertz CT molecular complexity index is 1230. The molecule has 0 bridgehead atoms. The Morgan fingerprint density at radius 2 is 1.69 bits per heavy atom. The molecule has 168 valence electrons. The minimum atomic E-state index is -4.00. The van der Waals surface area contributed by atoms with Gasteiger partial charge in [-0.2, -0.15) is 0 Å². The first-order valence-electron chi connectivity index (χ1n) is 9.72. The van der Waals surface area contributed by atoms with Gasteiger partial charge in [0.15, 0.2) is 0 Å². The number of aryl methyl sites for hydroxylation is 2. The van der Waals surface area contributed by atoms with E-state index in [0.717, 1.165) is 11.1 Å². The second-order valence-corrected chi connectivity index (χ2v) is 9.62. The van der Waals surface area contributed by atoms with E-state index in [1.54, 1.807) is 30.3 Å². The number of amides is 1. The van der Waals surface area contributed by atoms with Gasteiger partial charge in [-0.05, 0) is 67.9 Å². The summed E-state index contributed by atoms with van der Waals surface area (Å²) in [7, 11) is -4.00. The Morgan fingerprint density at radius 3 is 2.38 bits per heavy atom. The van der Waals surface area contributed by atoms with Crippen LogP contribution in [0.1, 0.15) is 21.5 Å². The van der Waals surface area contributed by atoms with Crippen LogP contribution in [-0.2, 0) is 10.0 Å². The van der Waals surface area contributed by atoms with Crippen molar-refractivity contribution >= 4 is 44.8 Å². The van der Waals surface area contributed by atoms with Gasteiger partial charge in [-0.3, -0.25) is 9.52 Å². The minimum Gasteiger partial charge on any atom is -0.492 e. The summed E-state index contributed by atoms with van der Waals surface area (Å²) in [6.45, 7) is 4.19. The first kappa shape index (κ1) is 23.9. The van der Waals surface area contributed by atoms with Gasteiger partial charge in [0.2, 0.25) is 0 Å². The Kier molecular flexibility index (Phi) is 7.66. The van der Waals surface area contributed by atoms with E-state index in [4.69, 9.17) is 27.9 Å². The molecule has 0 aliphatic rings. The van der Waals surface area contributed by atoms with Crippen molar-refractivity contribution in [3.05, 3.63) is 87.4 Å². The molecule has 3 rings (SSSR count). The number of sulfonamides is 1. The van der Waals surface area contributed by atoms with Crippen molar-refractivity contribution in [2.45, 2.75) is 18.7 Å². The number of ether oxygens (including phenoxy) is 1. The lowest BCUT2D eigenvalue weighted by Gasteiger charge is -2.13. The lowest BCUT2D eigenvalue weighted by Crippen LogP contribution is -2.28. The number of carbonyl (C=O) groups excluding carboxylic acids is 1. The van der Waals surface area contributed by atoms with E-state index < -0.39 is 15.9 Å². The largest absolute Gasteiger partial charge is 0.492 e. The average molecular weight is 493 g/mol. The summed E-state index contributed by atoms with van der Waals surface area (Å²) >= 11 is 12.0. The first-order chi connectivity index (χ1) is 15.2. The standard InChI is InChI=1S/C23H22Cl2N2O4S/c1-15-3-10-21(16(2)13-15)27-32(29,30)22-14-17(4-9-20(22)25)23(28)26-11-12-31-19-7-5-18(24)6-8-19/h3-10,13-14,27H,11-12H2,1-2H3,(H,26,28). The van der Waals surface area contributed by atoms with E-state index in [9.17, 15) is 13.2 Å². The highest BCUT2D eigenvalue weighted by atomic mass is 35.5. The SMILES string of the molecule is Cc1ccc(NS(=O)(=O)c2cc(C(=O)NCCOc3ccc(Cl)cc3)ccc2Cl)c(C)c1. The molecule has 0 aliphatic carbocycles. The Labute approximate surface area is 197 Å². The van der Waals surface area contributed by atoms with Gasteiger partial charge in [0.25, 0.3) is 15.9 Å². The van der Waals surface area contributed by atoms with Crippen molar-refractivity contribution in [3.63, 3.8) is 0 Å². The molecule has 0 aromatic heterocycles. The number of rotatable bonds is 8. The number of nitrogens with one attached hydrogen (secondary N) is 2. The third-order valence-electron chi connectivity index (χ3n) is 4.58. The van der Waals surface area contributed by atoms with Gasteiger partial charge in [-0.1, -0.05) is 40.9 Å². The maximum atomic E-state index is 12.9. The smallest absolute Gasteiger partial charge is 0.263 e. The summed E-state index contributed by atoms with van der Waals surface area (Å²) in [5.74, 6) is 0.185. The van der Waals surface area contributed by atoms with Crippen LogP contribution < -0.4 is 14.8 Å². The molecule has 0 radical (unpaired) electrons. The molecule has 0 fully saturated rings. The minimum absolute atomic E-state index is 0.0184. The van der Waals surface area contributed by atoms with E-state index in [-0.39, 0.29) is 28.6 Å². The molecular weight excluding hydrogens is 471 g/mol. The molecule has 0 saturated carbocycles. The van der Waals surface area contributed by atoms with Crippen molar-refractivity contribution in [1.82, 2.24) is 5.32 Å². The molecule has 0 heterocycles. The molecule has 0 aliphatic heterocycles.